The average Bonchev–Trinajstić information content (AvgIpc) is 3.39. The van der Waals surface area contributed by atoms with Gasteiger partial charge in [-0.15, -0.1) is 0 Å². The van der Waals surface area contributed by atoms with E-state index in [2.05, 4.69) is 5.10 Å². The number of nitrogens with zero attached hydrogens (tertiary/aromatic N) is 2. The highest BCUT2D eigenvalue weighted by atomic mass is 35.5. The molecular formula is C25H18ClF3N2O4. The number of halogens is 4. The molecule has 0 unspecified atom stereocenters. The minimum atomic E-state index is -4.55. The predicted octanol–water partition coefficient (Wildman–Crippen LogP) is 6.60. The molecule has 2 heterocycles. The van der Waals surface area contributed by atoms with Crippen molar-refractivity contribution in [2.75, 3.05) is 11.6 Å². The highest BCUT2D eigenvalue weighted by molar-refractivity contribution is 6.33. The first-order valence-electron chi connectivity index (χ1n) is 10.4. The van der Waals surface area contributed by atoms with E-state index < -0.39 is 23.6 Å². The summed E-state index contributed by atoms with van der Waals surface area (Å²) in [5.74, 6) is -0.424. The Balaban J connectivity index is 1.60. The Morgan fingerprint density at radius 3 is 2.66 bits per heavy atom. The van der Waals surface area contributed by atoms with E-state index in [-0.39, 0.29) is 28.5 Å². The highest BCUT2D eigenvalue weighted by Gasteiger charge is 2.33. The zero-order valence-corrected chi connectivity index (χ0v) is 19.3. The summed E-state index contributed by atoms with van der Waals surface area (Å²) in [4.78, 5) is 25.0. The van der Waals surface area contributed by atoms with Crippen LogP contribution in [0.25, 0.3) is 17.4 Å². The Kier molecular flexibility index (Phi) is 6.53. The molecule has 1 aliphatic rings. The van der Waals surface area contributed by atoms with Gasteiger partial charge in [-0.1, -0.05) is 17.7 Å². The normalized spacial score (nSPS) is 15.0. The molecule has 0 saturated carbocycles. The van der Waals surface area contributed by atoms with E-state index in [1.807, 2.05) is 0 Å². The first-order valence-corrected chi connectivity index (χ1v) is 10.8. The summed E-state index contributed by atoms with van der Waals surface area (Å²) in [6.07, 6.45) is -3.09. The van der Waals surface area contributed by atoms with Crippen LogP contribution in [0.3, 0.4) is 0 Å². The summed E-state index contributed by atoms with van der Waals surface area (Å²) in [5, 5.41) is 5.28. The van der Waals surface area contributed by atoms with Crippen LogP contribution in [-0.4, -0.2) is 24.2 Å². The number of carbonyl (C=O) groups excluding carboxylic acids is 2. The molecule has 0 fully saturated rings. The minimum absolute atomic E-state index is 0.000341. The van der Waals surface area contributed by atoms with Gasteiger partial charge in [0.1, 0.15) is 11.5 Å². The van der Waals surface area contributed by atoms with E-state index in [0.717, 1.165) is 17.1 Å². The molecule has 0 atom stereocenters. The lowest BCUT2D eigenvalue weighted by Gasteiger charge is -2.14. The lowest BCUT2D eigenvalue weighted by molar-refractivity contribution is -0.137. The second-order valence-electron chi connectivity index (χ2n) is 7.53. The summed E-state index contributed by atoms with van der Waals surface area (Å²) in [5.41, 5.74) is 0.367. The Hall–Kier alpha value is -3.85. The van der Waals surface area contributed by atoms with Gasteiger partial charge in [0, 0.05) is 5.56 Å². The molecule has 0 N–H and O–H groups in total. The second-order valence-corrected chi connectivity index (χ2v) is 7.93. The van der Waals surface area contributed by atoms with E-state index in [4.69, 9.17) is 20.8 Å². The lowest BCUT2D eigenvalue weighted by atomic mass is 10.1. The maximum absolute atomic E-state index is 13.1. The molecule has 1 aromatic heterocycles. The quantitative estimate of drug-likeness (QED) is 0.291. The van der Waals surface area contributed by atoms with Crippen LogP contribution in [0.1, 0.15) is 35.5 Å². The number of ether oxygens (including phenoxy) is 1. The van der Waals surface area contributed by atoms with Gasteiger partial charge in [0.2, 0.25) is 0 Å². The molecule has 6 nitrogen and oxygen atoms in total. The van der Waals surface area contributed by atoms with Crippen LogP contribution in [-0.2, 0) is 15.7 Å². The van der Waals surface area contributed by atoms with Crippen molar-refractivity contribution in [3.05, 3.63) is 82.1 Å². The molecule has 0 aliphatic carbocycles. The van der Waals surface area contributed by atoms with Gasteiger partial charge in [0.05, 0.1) is 39.7 Å². The fraction of sp³-hybridized carbons (Fsp3) is 0.160. The van der Waals surface area contributed by atoms with Crippen LogP contribution >= 0.6 is 11.6 Å². The van der Waals surface area contributed by atoms with Crippen molar-refractivity contribution in [1.82, 2.24) is 0 Å². The average molecular weight is 503 g/mol. The van der Waals surface area contributed by atoms with E-state index in [1.54, 1.807) is 44.2 Å². The topological polar surface area (TPSA) is 72.1 Å². The number of furan rings is 1. The molecule has 0 bridgehead atoms. The van der Waals surface area contributed by atoms with Gasteiger partial charge in [0.15, 0.2) is 0 Å². The number of amides is 1. The number of anilines is 1. The zero-order chi connectivity index (χ0) is 25.3. The molecule has 10 heteroatoms. The van der Waals surface area contributed by atoms with Gasteiger partial charge in [0.25, 0.3) is 5.91 Å². The number of hydrogen-bond donors (Lipinski definition) is 0. The molecule has 0 radical (unpaired) electrons. The fourth-order valence-corrected chi connectivity index (χ4v) is 3.64. The van der Waals surface area contributed by atoms with E-state index in [0.29, 0.717) is 22.8 Å². The molecule has 0 saturated heterocycles. The molecular weight excluding hydrogens is 485 g/mol. The Bertz CT molecular complexity index is 1380. The molecule has 1 aliphatic heterocycles. The van der Waals surface area contributed by atoms with Crippen LogP contribution in [0.4, 0.5) is 18.9 Å². The third kappa shape index (κ3) is 5.00. The van der Waals surface area contributed by atoms with Crippen molar-refractivity contribution >= 4 is 41.0 Å². The van der Waals surface area contributed by atoms with Crippen LogP contribution in [0.2, 0.25) is 5.02 Å². The SMILES string of the molecule is CCOC(=O)c1cc(-c2ccc(C=C3C(=O)N(c4cccc(C(F)(F)F)c4)N=C3C)o2)ccc1Cl. The number of rotatable bonds is 5. The third-order valence-electron chi connectivity index (χ3n) is 5.14. The lowest BCUT2D eigenvalue weighted by Crippen LogP contribution is -2.21. The smallest absolute Gasteiger partial charge is 0.416 e. The van der Waals surface area contributed by atoms with Gasteiger partial charge >= 0.3 is 12.1 Å². The van der Waals surface area contributed by atoms with Gasteiger partial charge in [-0.25, -0.2) is 4.79 Å². The Morgan fingerprint density at radius 2 is 1.94 bits per heavy atom. The van der Waals surface area contributed by atoms with E-state index in [1.165, 1.54) is 18.2 Å². The Labute approximate surface area is 203 Å². The number of carbonyl (C=O) groups is 2. The van der Waals surface area contributed by atoms with Crippen molar-refractivity contribution in [1.29, 1.82) is 0 Å². The Morgan fingerprint density at radius 1 is 1.17 bits per heavy atom. The van der Waals surface area contributed by atoms with E-state index >= 15 is 0 Å². The first kappa shape index (κ1) is 24.3. The van der Waals surface area contributed by atoms with Gasteiger partial charge in [-0.05, 0) is 68.5 Å². The summed E-state index contributed by atoms with van der Waals surface area (Å²) in [6, 6.07) is 12.4. The van der Waals surface area contributed by atoms with Crippen LogP contribution < -0.4 is 5.01 Å². The minimum Gasteiger partial charge on any atom is -0.462 e. The number of hydrazone groups is 1. The summed E-state index contributed by atoms with van der Waals surface area (Å²) < 4.78 is 50.0. The highest BCUT2D eigenvalue weighted by Crippen LogP contribution is 2.34. The summed E-state index contributed by atoms with van der Waals surface area (Å²) in [7, 11) is 0. The molecule has 1 amide bonds. The number of benzene rings is 2. The number of alkyl halides is 3. The fourth-order valence-electron chi connectivity index (χ4n) is 3.44. The molecule has 2 aromatic carbocycles. The molecule has 0 spiro atoms. The molecule has 4 rings (SSSR count). The van der Waals surface area contributed by atoms with Crippen molar-refractivity contribution in [2.45, 2.75) is 20.0 Å². The first-order chi connectivity index (χ1) is 16.6. The maximum atomic E-state index is 13.1. The van der Waals surface area contributed by atoms with Crippen molar-refractivity contribution in [2.24, 2.45) is 5.10 Å². The van der Waals surface area contributed by atoms with Crippen LogP contribution in [0.5, 0.6) is 0 Å². The number of esters is 1. The zero-order valence-electron chi connectivity index (χ0n) is 18.5. The molecule has 180 valence electrons. The molecule has 3 aromatic rings. The van der Waals surface area contributed by atoms with Gasteiger partial charge in [-0.3, -0.25) is 4.79 Å². The summed E-state index contributed by atoms with van der Waals surface area (Å²) in [6.45, 7) is 3.46. The largest absolute Gasteiger partial charge is 0.462 e. The second kappa shape index (κ2) is 9.42. The number of hydrogen-bond acceptors (Lipinski definition) is 5. The monoisotopic (exact) mass is 502 g/mol. The van der Waals surface area contributed by atoms with Crippen LogP contribution in [0, 0.1) is 0 Å². The maximum Gasteiger partial charge on any atom is 0.416 e. The molecule has 35 heavy (non-hydrogen) atoms. The van der Waals surface area contributed by atoms with Crippen molar-refractivity contribution < 1.29 is 31.9 Å². The van der Waals surface area contributed by atoms with E-state index in [9.17, 15) is 22.8 Å². The van der Waals surface area contributed by atoms with Gasteiger partial charge in [-0.2, -0.15) is 23.3 Å². The standard InChI is InChI=1S/C25H18ClF3N2O4/c1-3-34-24(33)20-11-15(7-9-21(20)26)22-10-8-18(35-22)13-19-14(2)30-31(23(19)32)17-6-4-5-16(12-17)25(27,28)29/h4-13H,3H2,1-2H3. The van der Waals surface area contributed by atoms with Crippen LogP contribution in [0.15, 0.2) is 69.7 Å². The van der Waals surface area contributed by atoms with Crippen molar-refractivity contribution in [3.63, 3.8) is 0 Å². The van der Waals surface area contributed by atoms with Gasteiger partial charge < -0.3 is 9.15 Å². The summed E-state index contributed by atoms with van der Waals surface area (Å²) >= 11 is 6.11. The van der Waals surface area contributed by atoms with Crippen molar-refractivity contribution in [3.8, 4) is 11.3 Å². The third-order valence-corrected chi connectivity index (χ3v) is 5.47. The predicted molar refractivity (Wildman–Crippen MR) is 125 cm³/mol.